The molecule has 4 rings (SSSR count). The molecule has 0 unspecified atom stereocenters. The van der Waals surface area contributed by atoms with Gasteiger partial charge in [-0.15, -0.1) is 0 Å². The fraction of sp³-hybridized carbons (Fsp3) is 0.0455. The van der Waals surface area contributed by atoms with Gasteiger partial charge in [-0.25, -0.2) is 0 Å². The van der Waals surface area contributed by atoms with Gasteiger partial charge < -0.3 is 4.57 Å². The maximum absolute atomic E-state index is 11.3. The van der Waals surface area contributed by atoms with Crippen molar-refractivity contribution < 1.29 is 14.8 Å². The molecule has 12 heteroatoms. The summed E-state index contributed by atoms with van der Waals surface area (Å²) in [7, 11) is 0. The zero-order valence-corrected chi connectivity index (χ0v) is 17.4. The Morgan fingerprint density at radius 3 is 2.21 bits per heavy atom. The summed E-state index contributed by atoms with van der Waals surface area (Å²) in [5.74, 6) is 0. The second-order valence-electron chi connectivity index (χ2n) is 7.24. The SMILES string of the molecule is O=[N+]([O-])c1ccc(Cn2cc(/C=N\Nc3ccc([N+](=O)[O-])cc3[N+](=O)[O-])c3ccccc32)cc1. The average molecular weight is 460 g/mol. The van der Waals surface area contributed by atoms with Crippen LogP contribution < -0.4 is 5.43 Å². The van der Waals surface area contributed by atoms with E-state index in [9.17, 15) is 30.3 Å². The molecule has 0 amide bonds. The van der Waals surface area contributed by atoms with Gasteiger partial charge in [0.15, 0.2) is 0 Å². The number of nitro benzene ring substituents is 3. The molecule has 0 aliphatic carbocycles. The Balaban J connectivity index is 1.60. The smallest absolute Gasteiger partial charge is 0.301 e. The minimum Gasteiger partial charge on any atom is -0.342 e. The van der Waals surface area contributed by atoms with Gasteiger partial charge in [-0.05, 0) is 17.7 Å². The van der Waals surface area contributed by atoms with Crippen LogP contribution in [-0.4, -0.2) is 25.6 Å². The van der Waals surface area contributed by atoms with E-state index in [0.29, 0.717) is 6.54 Å². The van der Waals surface area contributed by atoms with E-state index in [2.05, 4.69) is 10.5 Å². The topological polar surface area (TPSA) is 159 Å². The van der Waals surface area contributed by atoms with Crippen molar-refractivity contribution in [3.63, 3.8) is 0 Å². The van der Waals surface area contributed by atoms with Crippen LogP contribution in [0.15, 0.2) is 78.0 Å². The second-order valence-corrected chi connectivity index (χ2v) is 7.24. The molecule has 170 valence electrons. The number of benzene rings is 3. The average Bonchev–Trinajstić information content (AvgIpc) is 3.16. The Hall–Kier alpha value is -5.13. The normalized spacial score (nSPS) is 11.1. The molecule has 0 radical (unpaired) electrons. The van der Waals surface area contributed by atoms with Crippen LogP contribution in [0, 0.1) is 30.3 Å². The molecule has 1 aromatic heterocycles. The molecule has 3 aromatic carbocycles. The standard InChI is InChI=1S/C22H16N6O6/c29-26(30)17-7-5-15(6-8-17)13-25-14-16(19-3-1-2-4-21(19)25)12-23-24-20-10-9-18(27(31)32)11-22(20)28(33)34/h1-12,14,24H,13H2/b23-12-. The van der Waals surface area contributed by atoms with Gasteiger partial charge in [-0.1, -0.05) is 30.3 Å². The third kappa shape index (κ3) is 4.55. The van der Waals surface area contributed by atoms with Crippen molar-refractivity contribution in [2.45, 2.75) is 6.54 Å². The highest BCUT2D eigenvalue weighted by Gasteiger charge is 2.19. The molecule has 1 heterocycles. The van der Waals surface area contributed by atoms with E-state index >= 15 is 0 Å². The number of nitrogens with one attached hydrogen (secondary N) is 1. The molecule has 0 saturated carbocycles. The van der Waals surface area contributed by atoms with Gasteiger partial charge in [-0.2, -0.15) is 5.10 Å². The van der Waals surface area contributed by atoms with Gasteiger partial charge >= 0.3 is 5.69 Å². The molecule has 0 spiro atoms. The number of non-ortho nitro benzene ring substituents is 2. The van der Waals surface area contributed by atoms with Crippen molar-refractivity contribution in [3.8, 4) is 0 Å². The highest BCUT2D eigenvalue weighted by atomic mass is 16.6. The van der Waals surface area contributed by atoms with Crippen LogP contribution in [0.1, 0.15) is 11.1 Å². The molecule has 1 N–H and O–H groups in total. The number of para-hydroxylation sites is 1. The minimum atomic E-state index is -0.721. The largest absolute Gasteiger partial charge is 0.342 e. The third-order valence-corrected chi connectivity index (χ3v) is 5.10. The molecule has 0 aliphatic rings. The zero-order valence-electron chi connectivity index (χ0n) is 17.4. The van der Waals surface area contributed by atoms with E-state index in [-0.39, 0.29) is 11.4 Å². The monoisotopic (exact) mass is 460 g/mol. The van der Waals surface area contributed by atoms with Crippen molar-refractivity contribution in [2.24, 2.45) is 5.10 Å². The number of hydrogen-bond acceptors (Lipinski definition) is 8. The van der Waals surface area contributed by atoms with Crippen LogP contribution in [-0.2, 0) is 6.54 Å². The number of aromatic nitrogens is 1. The first-order chi connectivity index (χ1) is 16.3. The van der Waals surface area contributed by atoms with Gasteiger partial charge in [0.25, 0.3) is 11.4 Å². The van der Waals surface area contributed by atoms with E-state index in [1.807, 2.05) is 35.0 Å². The zero-order chi connectivity index (χ0) is 24.2. The van der Waals surface area contributed by atoms with Crippen molar-refractivity contribution in [1.29, 1.82) is 0 Å². The van der Waals surface area contributed by atoms with Crippen LogP contribution >= 0.6 is 0 Å². The number of hydrogen-bond donors (Lipinski definition) is 1. The Kier molecular flexibility index (Phi) is 5.95. The van der Waals surface area contributed by atoms with Gasteiger partial charge in [0.2, 0.25) is 0 Å². The van der Waals surface area contributed by atoms with E-state index in [1.165, 1.54) is 24.4 Å². The number of nitro groups is 3. The third-order valence-electron chi connectivity index (χ3n) is 5.10. The van der Waals surface area contributed by atoms with Gasteiger partial charge in [0.1, 0.15) is 5.69 Å². The second kappa shape index (κ2) is 9.16. The van der Waals surface area contributed by atoms with E-state index in [1.54, 1.807) is 12.1 Å². The molecule has 0 saturated heterocycles. The van der Waals surface area contributed by atoms with Crippen LogP contribution in [0.25, 0.3) is 10.9 Å². The number of anilines is 1. The number of nitrogens with zero attached hydrogens (tertiary/aromatic N) is 5. The summed E-state index contributed by atoms with van der Waals surface area (Å²) in [5, 5.41) is 38.0. The summed E-state index contributed by atoms with van der Waals surface area (Å²) in [6.07, 6.45) is 3.35. The lowest BCUT2D eigenvalue weighted by Gasteiger charge is -2.05. The van der Waals surface area contributed by atoms with E-state index in [0.717, 1.165) is 34.2 Å². The summed E-state index contributed by atoms with van der Waals surface area (Å²) in [4.78, 5) is 31.2. The lowest BCUT2D eigenvalue weighted by Crippen LogP contribution is -1.99. The quantitative estimate of drug-likeness (QED) is 0.223. The lowest BCUT2D eigenvalue weighted by molar-refractivity contribution is -0.393. The molecule has 12 nitrogen and oxygen atoms in total. The van der Waals surface area contributed by atoms with Crippen LogP contribution in [0.3, 0.4) is 0 Å². The summed E-state index contributed by atoms with van der Waals surface area (Å²) < 4.78 is 1.96. The fourth-order valence-corrected chi connectivity index (χ4v) is 3.48. The predicted molar refractivity (Wildman–Crippen MR) is 125 cm³/mol. The van der Waals surface area contributed by atoms with E-state index in [4.69, 9.17) is 0 Å². The first-order valence-electron chi connectivity index (χ1n) is 9.86. The maximum atomic E-state index is 11.3. The molecular weight excluding hydrogens is 444 g/mol. The highest BCUT2D eigenvalue weighted by Crippen LogP contribution is 2.29. The summed E-state index contributed by atoms with van der Waals surface area (Å²) in [5.41, 5.74) is 4.26. The first-order valence-corrected chi connectivity index (χ1v) is 9.86. The van der Waals surface area contributed by atoms with Crippen molar-refractivity contribution >= 4 is 39.9 Å². The number of rotatable bonds is 8. The Morgan fingerprint density at radius 1 is 0.853 bits per heavy atom. The predicted octanol–water partition coefficient (Wildman–Crippen LogP) is 4.86. The van der Waals surface area contributed by atoms with Crippen LogP contribution in [0.4, 0.5) is 22.7 Å². The molecule has 0 atom stereocenters. The minimum absolute atomic E-state index is 0.0142. The summed E-state index contributed by atoms with van der Waals surface area (Å²) in [6.45, 7) is 0.466. The molecule has 0 aliphatic heterocycles. The van der Waals surface area contributed by atoms with Crippen molar-refractivity contribution in [2.75, 3.05) is 5.43 Å². The van der Waals surface area contributed by atoms with Gasteiger partial charge in [-0.3, -0.25) is 35.8 Å². The molecule has 0 fully saturated rings. The van der Waals surface area contributed by atoms with Gasteiger partial charge in [0, 0.05) is 47.4 Å². The Bertz CT molecular complexity index is 1440. The number of hydrazone groups is 1. The van der Waals surface area contributed by atoms with Crippen molar-refractivity contribution in [3.05, 3.63) is 114 Å². The fourth-order valence-electron chi connectivity index (χ4n) is 3.48. The number of fused-ring (bicyclic) bond motifs is 1. The molecule has 34 heavy (non-hydrogen) atoms. The summed E-state index contributed by atoms with van der Waals surface area (Å²) >= 11 is 0. The van der Waals surface area contributed by atoms with E-state index < -0.39 is 26.1 Å². The Labute approximate surface area is 191 Å². The first kappa shape index (κ1) is 22.1. The molecule has 4 aromatic rings. The highest BCUT2D eigenvalue weighted by molar-refractivity contribution is 5.99. The molecule has 0 bridgehead atoms. The maximum Gasteiger partial charge on any atom is 0.301 e. The lowest BCUT2D eigenvalue weighted by atomic mass is 10.2. The van der Waals surface area contributed by atoms with Crippen molar-refractivity contribution in [1.82, 2.24) is 4.57 Å². The summed E-state index contributed by atoms with van der Waals surface area (Å²) in [6, 6.07) is 17.1. The van der Waals surface area contributed by atoms with Gasteiger partial charge in [0.05, 0.1) is 27.1 Å². The van der Waals surface area contributed by atoms with Crippen LogP contribution in [0.2, 0.25) is 0 Å². The van der Waals surface area contributed by atoms with Crippen LogP contribution in [0.5, 0.6) is 0 Å². The molecular formula is C22H16N6O6. The Morgan fingerprint density at radius 2 is 1.53 bits per heavy atom.